The normalized spacial score (nSPS) is 17.4. The summed E-state index contributed by atoms with van der Waals surface area (Å²) in [5.74, 6) is 0.0524. The van der Waals surface area contributed by atoms with Gasteiger partial charge in [0.1, 0.15) is 0 Å². The number of nitrogens with one attached hydrogen (secondary N) is 3. The molecule has 0 saturated carbocycles. The first-order valence-electron chi connectivity index (χ1n) is 8.87. The zero-order chi connectivity index (χ0) is 17.4. The molecule has 1 aliphatic heterocycles. The van der Waals surface area contributed by atoms with Crippen LogP contribution in [0.1, 0.15) is 26.7 Å². The van der Waals surface area contributed by atoms with Gasteiger partial charge >= 0.3 is 6.03 Å². The SMILES string of the molecule is CC[NH+](CC)CCCNC(=O)N[C@H]1CC(=O)N(c2ccccc2)C1. The summed E-state index contributed by atoms with van der Waals surface area (Å²) < 4.78 is 0. The lowest BCUT2D eigenvalue weighted by molar-refractivity contribution is -0.896. The van der Waals surface area contributed by atoms with Crippen molar-refractivity contribution in [1.29, 1.82) is 0 Å². The Morgan fingerprint density at radius 2 is 1.96 bits per heavy atom. The third kappa shape index (κ3) is 5.23. The van der Waals surface area contributed by atoms with E-state index < -0.39 is 0 Å². The molecule has 1 fully saturated rings. The summed E-state index contributed by atoms with van der Waals surface area (Å²) in [6.07, 6.45) is 1.32. The van der Waals surface area contributed by atoms with Crippen molar-refractivity contribution < 1.29 is 14.5 Å². The minimum absolute atomic E-state index is 0.0524. The molecule has 0 radical (unpaired) electrons. The first-order chi connectivity index (χ1) is 11.6. The van der Waals surface area contributed by atoms with Gasteiger partial charge in [-0.15, -0.1) is 0 Å². The number of hydrogen-bond donors (Lipinski definition) is 3. The molecule has 6 heteroatoms. The highest BCUT2D eigenvalue weighted by Crippen LogP contribution is 2.20. The molecular formula is C18H29N4O2+. The summed E-state index contributed by atoms with van der Waals surface area (Å²) in [5.41, 5.74) is 0.884. The topological polar surface area (TPSA) is 65.9 Å². The van der Waals surface area contributed by atoms with E-state index in [1.54, 1.807) is 4.90 Å². The van der Waals surface area contributed by atoms with Crippen molar-refractivity contribution in [3.63, 3.8) is 0 Å². The average Bonchev–Trinajstić information content (AvgIpc) is 2.96. The van der Waals surface area contributed by atoms with Gasteiger partial charge < -0.3 is 20.4 Å². The Morgan fingerprint density at radius 1 is 1.25 bits per heavy atom. The molecule has 3 N–H and O–H groups in total. The fourth-order valence-electron chi connectivity index (χ4n) is 3.04. The van der Waals surface area contributed by atoms with Gasteiger partial charge in [-0.05, 0) is 26.0 Å². The molecule has 1 atom stereocenters. The van der Waals surface area contributed by atoms with Crippen LogP contribution in [0.3, 0.4) is 0 Å². The van der Waals surface area contributed by atoms with Crippen LogP contribution in [-0.2, 0) is 4.79 Å². The molecule has 1 saturated heterocycles. The molecule has 0 spiro atoms. The lowest BCUT2D eigenvalue weighted by Gasteiger charge is -2.18. The Hall–Kier alpha value is -2.08. The molecule has 2 rings (SSSR count). The van der Waals surface area contributed by atoms with E-state index >= 15 is 0 Å². The van der Waals surface area contributed by atoms with Crippen molar-refractivity contribution in [2.75, 3.05) is 37.6 Å². The van der Waals surface area contributed by atoms with Crippen molar-refractivity contribution in [3.05, 3.63) is 30.3 Å². The van der Waals surface area contributed by atoms with Crippen LogP contribution in [0.25, 0.3) is 0 Å². The Balaban J connectivity index is 1.70. The minimum atomic E-state index is -0.183. The quantitative estimate of drug-likeness (QED) is 0.603. The molecule has 24 heavy (non-hydrogen) atoms. The number of amides is 3. The number of benzene rings is 1. The Kier molecular flexibility index (Phi) is 7.06. The molecule has 0 unspecified atom stereocenters. The van der Waals surface area contributed by atoms with Gasteiger partial charge in [-0.25, -0.2) is 4.79 Å². The van der Waals surface area contributed by atoms with Crippen LogP contribution in [0, 0.1) is 0 Å². The maximum Gasteiger partial charge on any atom is 0.315 e. The monoisotopic (exact) mass is 333 g/mol. The summed E-state index contributed by atoms with van der Waals surface area (Å²) in [5, 5.41) is 5.80. The number of para-hydroxylation sites is 1. The van der Waals surface area contributed by atoms with Crippen molar-refractivity contribution >= 4 is 17.6 Å². The van der Waals surface area contributed by atoms with Crippen LogP contribution in [0.4, 0.5) is 10.5 Å². The molecule has 1 heterocycles. The third-order valence-electron chi connectivity index (χ3n) is 4.52. The van der Waals surface area contributed by atoms with Gasteiger partial charge in [0, 0.05) is 31.6 Å². The first kappa shape index (κ1) is 18.3. The lowest BCUT2D eigenvalue weighted by atomic mass is 10.2. The second-order valence-electron chi connectivity index (χ2n) is 6.20. The van der Waals surface area contributed by atoms with E-state index in [0.717, 1.165) is 31.7 Å². The fraction of sp³-hybridized carbons (Fsp3) is 0.556. The molecular weight excluding hydrogens is 304 g/mol. The zero-order valence-electron chi connectivity index (χ0n) is 14.7. The number of hydrogen-bond acceptors (Lipinski definition) is 2. The number of quaternary nitrogens is 1. The molecule has 1 aliphatic rings. The summed E-state index contributed by atoms with van der Waals surface area (Å²) in [6, 6.07) is 9.25. The summed E-state index contributed by atoms with van der Waals surface area (Å²) in [7, 11) is 0. The van der Waals surface area contributed by atoms with Gasteiger partial charge in [-0.3, -0.25) is 4.79 Å². The minimum Gasteiger partial charge on any atom is -0.338 e. The van der Waals surface area contributed by atoms with Crippen molar-refractivity contribution in [2.24, 2.45) is 0 Å². The van der Waals surface area contributed by atoms with E-state index in [-0.39, 0.29) is 18.0 Å². The summed E-state index contributed by atoms with van der Waals surface area (Å²) in [4.78, 5) is 27.4. The number of nitrogens with zero attached hydrogens (tertiary/aromatic N) is 1. The Labute approximate surface area is 144 Å². The zero-order valence-corrected chi connectivity index (χ0v) is 14.7. The third-order valence-corrected chi connectivity index (χ3v) is 4.52. The Bertz CT molecular complexity index is 531. The number of rotatable bonds is 8. The van der Waals surface area contributed by atoms with E-state index in [1.165, 1.54) is 4.90 Å². The standard InChI is InChI=1S/C18H28N4O2/c1-3-21(4-2)12-8-11-19-18(24)20-15-13-17(23)22(14-15)16-9-6-5-7-10-16/h5-7,9-10,15H,3-4,8,11-14H2,1-2H3,(H2,19,20,24)/p+1/t15-/m0/s1. The number of carbonyl (C=O) groups excluding carboxylic acids is 2. The van der Waals surface area contributed by atoms with E-state index in [4.69, 9.17) is 0 Å². The van der Waals surface area contributed by atoms with E-state index in [9.17, 15) is 9.59 Å². The van der Waals surface area contributed by atoms with Crippen LogP contribution >= 0.6 is 0 Å². The number of anilines is 1. The molecule has 6 nitrogen and oxygen atoms in total. The lowest BCUT2D eigenvalue weighted by Crippen LogP contribution is -3.11. The highest BCUT2D eigenvalue weighted by Gasteiger charge is 2.31. The predicted octanol–water partition coefficient (Wildman–Crippen LogP) is 0.406. The van der Waals surface area contributed by atoms with E-state index in [2.05, 4.69) is 24.5 Å². The van der Waals surface area contributed by atoms with Crippen LogP contribution in [0.15, 0.2) is 30.3 Å². The van der Waals surface area contributed by atoms with Gasteiger partial charge in [0.05, 0.1) is 25.7 Å². The molecule has 3 amide bonds. The molecule has 0 bridgehead atoms. The predicted molar refractivity (Wildman–Crippen MR) is 95.3 cm³/mol. The molecule has 0 aliphatic carbocycles. The van der Waals surface area contributed by atoms with Crippen LogP contribution in [-0.4, -0.2) is 50.7 Å². The number of urea groups is 1. The summed E-state index contributed by atoms with van der Waals surface area (Å²) >= 11 is 0. The van der Waals surface area contributed by atoms with Gasteiger partial charge in [-0.1, -0.05) is 18.2 Å². The van der Waals surface area contributed by atoms with Gasteiger partial charge in [-0.2, -0.15) is 0 Å². The van der Waals surface area contributed by atoms with E-state index in [1.807, 2.05) is 30.3 Å². The van der Waals surface area contributed by atoms with Crippen LogP contribution < -0.4 is 20.4 Å². The second kappa shape index (κ2) is 9.27. The van der Waals surface area contributed by atoms with Crippen LogP contribution in [0.5, 0.6) is 0 Å². The number of carbonyl (C=O) groups is 2. The molecule has 1 aromatic rings. The molecule has 1 aromatic carbocycles. The average molecular weight is 333 g/mol. The van der Waals surface area contributed by atoms with Crippen molar-refractivity contribution in [2.45, 2.75) is 32.7 Å². The molecule has 132 valence electrons. The highest BCUT2D eigenvalue weighted by atomic mass is 16.2. The highest BCUT2D eigenvalue weighted by molar-refractivity contribution is 5.96. The maximum atomic E-state index is 12.1. The molecule has 0 aromatic heterocycles. The van der Waals surface area contributed by atoms with Gasteiger partial charge in [0.25, 0.3) is 0 Å². The van der Waals surface area contributed by atoms with E-state index in [0.29, 0.717) is 19.5 Å². The first-order valence-corrected chi connectivity index (χ1v) is 8.87. The summed E-state index contributed by atoms with van der Waals surface area (Å²) in [6.45, 7) is 8.84. The van der Waals surface area contributed by atoms with Crippen molar-refractivity contribution in [1.82, 2.24) is 10.6 Å². The van der Waals surface area contributed by atoms with Gasteiger partial charge in [0.2, 0.25) is 5.91 Å². The fourth-order valence-corrected chi connectivity index (χ4v) is 3.04. The second-order valence-corrected chi connectivity index (χ2v) is 6.20. The van der Waals surface area contributed by atoms with Gasteiger partial charge in [0.15, 0.2) is 0 Å². The smallest absolute Gasteiger partial charge is 0.315 e. The maximum absolute atomic E-state index is 12.1. The largest absolute Gasteiger partial charge is 0.338 e. The van der Waals surface area contributed by atoms with Crippen molar-refractivity contribution in [3.8, 4) is 0 Å². The van der Waals surface area contributed by atoms with Crippen LogP contribution in [0.2, 0.25) is 0 Å². The Morgan fingerprint density at radius 3 is 2.62 bits per heavy atom.